The third kappa shape index (κ3) is 1.21. The van der Waals surface area contributed by atoms with Crippen LogP contribution in [0.5, 0.6) is 0 Å². The SMILES string of the molecule is CC1(C)c2ccccc2[SiH]1c1ccccc1. The Hall–Kier alpha value is -1.34. The van der Waals surface area contributed by atoms with Gasteiger partial charge in [0.2, 0.25) is 0 Å². The van der Waals surface area contributed by atoms with Crippen LogP contribution in [0, 0.1) is 0 Å². The maximum absolute atomic E-state index is 2.40. The second-order valence-electron chi connectivity index (χ2n) is 5.15. The molecule has 0 saturated heterocycles. The van der Waals surface area contributed by atoms with Crippen molar-refractivity contribution in [2.45, 2.75) is 18.9 Å². The van der Waals surface area contributed by atoms with Gasteiger partial charge in [0, 0.05) is 0 Å². The fourth-order valence-electron chi connectivity index (χ4n) is 3.04. The monoisotopic (exact) mass is 224 g/mol. The standard InChI is InChI=1S/C15H16Si/c1-15(2)13-10-6-7-11-14(13)16(15)12-8-4-3-5-9-12/h3-11,16H,1-2H3. The van der Waals surface area contributed by atoms with Crippen molar-refractivity contribution < 1.29 is 0 Å². The summed E-state index contributed by atoms with van der Waals surface area (Å²) in [6.45, 7) is 4.80. The Balaban J connectivity index is 2.13. The van der Waals surface area contributed by atoms with E-state index < -0.39 is 8.80 Å². The molecule has 2 aromatic rings. The first-order valence-corrected chi connectivity index (χ1v) is 7.59. The van der Waals surface area contributed by atoms with E-state index in [2.05, 4.69) is 68.4 Å². The van der Waals surface area contributed by atoms with Gasteiger partial charge >= 0.3 is 0 Å². The minimum absolute atomic E-state index is 0.415. The molecule has 1 aliphatic rings. The summed E-state index contributed by atoms with van der Waals surface area (Å²) in [7, 11) is -0.966. The highest BCUT2D eigenvalue weighted by Gasteiger charge is 2.46. The average Bonchev–Trinajstić information content (AvgIpc) is 2.30. The van der Waals surface area contributed by atoms with E-state index in [4.69, 9.17) is 0 Å². The van der Waals surface area contributed by atoms with Gasteiger partial charge in [-0.05, 0) is 10.6 Å². The minimum Gasteiger partial charge on any atom is -0.0629 e. The van der Waals surface area contributed by atoms with Crippen LogP contribution in [0.4, 0.5) is 0 Å². The van der Waals surface area contributed by atoms with Crippen LogP contribution in [-0.4, -0.2) is 8.80 Å². The molecular formula is C15H16Si. The van der Waals surface area contributed by atoms with Crippen LogP contribution in [-0.2, 0) is 5.04 Å². The molecule has 0 saturated carbocycles. The van der Waals surface area contributed by atoms with Crippen LogP contribution < -0.4 is 10.4 Å². The van der Waals surface area contributed by atoms with Gasteiger partial charge in [0.15, 0.2) is 0 Å². The van der Waals surface area contributed by atoms with Gasteiger partial charge in [0.1, 0.15) is 8.80 Å². The highest BCUT2D eigenvalue weighted by molar-refractivity contribution is 6.91. The zero-order valence-corrected chi connectivity index (χ0v) is 10.9. The zero-order valence-electron chi connectivity index (χ0n) is 9.77. The average molecular weight is 224 g/mol. The van der Waals surface area contributed by atoms with Crippen LogP contribution in [0.3, 0.4) is 0 Å². The molecule has 0 fully saturated rings. The van der Waals surface area contributed by atoms with Crippen molar-refractivity contribution in [1.82, 2.24) is 0 Å². The summed E-state index contributed by atoms with van der Waals surface area (Å²) in [5.74, 6) is 0. The molecule has 0 amide bonds. The fourth-order valence-corrected chi connectivity index (χ4v) is 7.04. The van der Waals surface area contributed by atoms with Crippen molar-refractivity contribution in [2.75, 3.05) is 0 Å². The summed E-state index contributed by atoms with van der Waals surface area (Å²) >= 11 is 0. The van der Waals surface area contributed by atoms with E-state index in [1.807, 2.05) is 0 Å². The summed E-state index contributed by atoms with van der Waals surface area (Å²) in [6, 6.07) is 20.0. The molecule has 16 heavy (non-hydrogen) atoms. The Kier molecular flexibility index (Phi) is 2.05. The first-order chi connectivity index (χ1) is 7.71. The molecule has 0 aromatic heterocycles. The van der Waals surface area contributed by atoms with Gasteiger partial charge in [0.25, 0.3) is 0 Å². The minimum atomic E-state index is -0.966. The van der Waals surface area contributed by atoms with Crippen LogP contribution in [0.25, 0.3) is 0 Å². The zero-order chi connectivity index (χ0) is 11.2. The summed E-state index contributed by atoms with van der Waals surface area (Å²) in [6.07, 6.45) is 0. The quantitative estimate of drug-likeness (QED) is 0.649. The summed E-state index contributed by atoms with van der Waals surface area (Å²) in [5, 5.41) is 3.63. The van der Waals surface area contributed by atoms with Gasteiger partial charge in [-0.1, -0.05) is 78.8 Å². The molecule has 0 aliphatic carbocycles. The fraction of sp³-hybridized carbons (Fsp3) is 0.200. The van der Waals surface area contributed by atoms with E-state index in [0.29, 0.717) is 5.04 Å². The molecule has 1 aliphatic heterocycles. The predicted molar refractivity (Wildman–Crippen MR) is 72.3 cm³/mol. The highest BCUT2D eigenvalue weighted by Crippen LogP contribution is 2.33. The van der Waals surface area contributed by atoms with Gasteiger partial charge < -0.3 is 0 Å². The number of benzene rings is 2. The lowest BCUT2D eigenvalue weighted by Gasteiger charge is -2.46. The smallest absolute Gasteiger partial charge is 0.0629 e. The lowest BCUT2D eigenvalue weighted by atomic mass is 10.0. The third-order valence-electron chi connectivity index (χ3n) is 3.82. The maximum atomic E-state index is 2.40. The van der Waals surface area contributed by atoms with Gasteiger partial charge in [-0.15, -0.1) is 0 Å². The Bertz CT molecular complexity index is 514. The Morgan fingerprint density at radius 3 is 2.19 bits per heavy atom. The van der Waals surface area contributed by atoms with E-state index in [9.17, 15) is 0 Å². The molecule has 0 spiro atoms. The molecule has 80 valence electrons. The first-order valence-electron chi connectivity index (χ1n) is 5.85. The number of hydrogen-bond donors (Lipinski definition) is 0. The van der Waals surface area contributed by atoms with Crippen LogP contribution in [0.1, 0.15) is 19.4 Å². The van der Waals surface area contributed by atoms with Gasteiger partial charge in [-0.2, -0.15) is 0 Å². The van der Waals surface area contributed by atoms with E-state index in [1.54, 1.807) is 15.9 Å². The molecule has 1 heteroatoms. The van der Waals surface area contributed by atoms with Crippen LogP contribution >= 0.6 is 0 Å². The summed E-state index contributed by atoms with van der Waals surface area (Å²) in [4.78, 5) is 0. The van der Waals surface area contributed by atoms with Crippen molar-refractivity contribution >= 4 is 19.2 Å². The third-order valence-corrected chi connectivity index (χ3v) is 7.75. The van der Waals surface area contributed by atoms with Gasteiger partial charge in [-0.25, -0.2) is 0 Å². The molecule has 0 nitrogen and oxygen atoms in total. The summed E-state index contributed by atoms with van der Waals surface area (Å²) in [5.41, 5.74) is 1.57. The molecule has 0 radical (unpaired) electrons. The first kappa shape index (κ1) is 9.85. The van der Waals surface area contributed by atoms with E-state index in [1.165, 1.54) is 0 Å². The molecule has 3 rings (SSSR count). The van der Waals surface area contributed by atoms with Gasteiger partial charge in [-0.3, -0.25) is 0 Å². The largest absolute Gasteiger partial charge is 0.113 e. The molecule has 0 N–H and O–H groups in total. The van der Waals surface area contributed by atoms with E-state index in [0.717, 1.165) is 0 Å². The topological polar surface area (TPSA) is 0 Å². The van der Waals surface area contributed by atoms with Gasteiger partial charge in [0.05, 0.1) is 0 Å². The van der Waals surface area contributed by atoms with Crippen LogP contribution in [0.15, 0.2) is 54.6 Å². The molecule has 2 aromatic carbocycles. The number of hydrogen-bond acceptors (Lipinski definition) is 0. The molecule has 1 unspecified atom stereocenters. The highest BCUT2D eigenvalue weighted by atomic mass is 28.3. The Morgan fingerprint density at radius 2 is 1.44 bits per heavy atom. The molecule has 1 heterocycles. The van der Waals surface area contributed by atoms with Crippen molar-refractivity contribution in [3.05, 3.63) is 60.2 Å². The molecule has 1 atom stereocenters. The number of fused-ring (bicyclic) bond motifs is 1. The Morgan fingerprint density at radius 1 is 0.812 bits per heavy atom. The van der Waals surface area contributed by atoms with Crippen molar-refractivity contribution in [2.24, 2.45) is 0 Å². The lowest BCUT2D eigenvalue weighted by Crippen LogP contribution is -2.67. The predicted octanol–water partition coefficient (Wildman–Crippen LogP) is 1.86. The van der Waals surface area contributed by atoms with E-state index in [-0.39, 0.29) is 0 Å². The van der Waals surface area contributed by atoms with Crippen molar-refractivity contribution in [3.63, 3.8) is 0 Å². The normalized spacial score (nSPS) is 21.0. The lowest BCUT2D eigenvalue weighted by molar-refractivity contribution is 0.724. The summed E-state index contributed by atoms with van der Waals surface area (Å²) < 4.78 is 0. The van der Waals surface area contributed by atoms with E-state index >= 15 is 0 Å². The second kappa shape index (κ2) is 3.32. The maximum Gasteiger partial charge on any atom is 0.113 e. The van der Waals surface area contributed by atoms with Crippen LogP contribution in [0.2, 0.25) is 0 Å². The molecule has 0 bridgehead atoms. The number of rotatable bonds is 1. The molecular weight excluding hydrogens is 208 g/mol. The van der Waals surface area contributed by atoms with Crippen molar-refractivity contribution in [3.8, 4) is 0 Å². The second-order valence-corrected chi connectivity index (χ2v) is 8.75. The Labute approximate surface area is 98.6 Å². The van der Waals surface area contributed by atoms with Crippen molar-refractivity contribution in [1.29, 1.82) is 0 Å².